The molecule has 0 N–H and O–H groups in total. The van der Waals surface area contributed by atoms with Crippen molar-refractivity contribution in [2.45, 2.75) is 7.43 Å². The number of nitro benzene ring substituents is 1. The van der Waals surface area contributed by atoms with E-state index >= 15 is 0 Å². The summed E-state index contributed by atoms with van der Waals surface area (Å²) in [6.45, 7) is -0.189. The molecule has 3 amide bonds. The van der Waals surface area contributed by atoms with Crippen molar-refractivity contribution < 1.29 is 48.5 Å². The Morgan fingerprint density at radius 1 is 1.20 bits per heavy atom. The minimum absolute atomic E-state index is 0. The Morgan fingerprint density at radius 3 is 2.44 bits per heavy atom. The van der Waals surface area contributed by atoms with Crippen LogP contribution < -0.4 is 29.6 Å². The van der Waals surface area contributed by atoms with Gasteiger partial charge in [0.25, 0.3) is 5.69 Å². The number of hydrogen-bond donors (Lipinski definition) is 0. The van der Waals surface area contributed by atoms with Gasteiger partial charge in [-0.05, 0) is 24.3 Å². The van der Waals surface area contributed by atoms with Crippen molar-refractivity contribution >= 4 is 23.8 Å². The molecule has 0 saturated carbocycles. The topological polar surface area (TPSA) is 120 Å². The third kappa shape index (κ3) is 4.75. The van der Waals surface area contributed by atoms with Crippen LogP contribution in [0.25, 0.3) is 16.6 Å². The summed E-state index contributed by atoms with van der Waals surface area (Å²) in [5.41, 5.74) is 0.653. The number of nitro groups is 1. The van der Waals surface area contributed by atoms with Gasteiger partial charge in [-0.3, -0.25) is 24.8 Å². The smallest absolute Gasteiger partial charge is 0.455 e. The molecule has 0 unspecified atom stereocenters. The van der Waals surface area contributed by atoms with Crippen LogP contribution in [0.3, 0.4) is 0 Å². The molecule has 1 aromatic carbocycles. The first-order valence-electron chi connectivity index (χ1n) is 6.47. The SMILES string of the molecule is C.O=C1CN(/N=C/c2ccc(-c3ccc([N+](=O)[O-])cc3)o2)C(=O)[N-]1.[Na+]. The average molecular weight is 352 g/mol. The Balaban J connectivity index is 0.00000156. The van der Waals surface area contributed by atoms with Crippen LogP contribution in [0, 0.1) is 10.1 Å². The normalized spacial score (nSPS) is 13.4. The fourth-order valence-electron chi connectivity index (χ4n) is 1.94. The molecule has 25 heavy (non-hydrogen) atoms. The molecular formula is C15H13N4NaO5. The Hall–Kier alpha value is -2.49. The molecule has 1 fully saturated rings. The van der Waals surface area contributed by atoms with Crippen molar-refractivity contribution in [1.29, 1.82) is 0 Å². The number of carbonyl (C=O) groups is 2. The van der Waals surface area contributed by atoms with Crippen LogP contribution in [-0.4, -0.2) is 34.6 Å². The van der Waals surface area contributed by atoms with E-state index in [4.69, 9.17) is 4.42 Å². The van der Waals surface area contributed by atoms with Gasteiger partial charge in [0.05, 0.1) is 11.1 Å². The predicted octanol–water partition coefficient (Wildman–Crippen LogP) is 0.165. The Morgan fingerprint density at radius 2 is 1.88 bits per heavy atom. The van der Waals surface area contributed by atoms with Crippen molar-refractivity contribution in [3.05, 3.63) is 57.6 Å². The molecule has 1 aliphatic heterocycles. The van der Waals surface area contributed by atoms with Crippen LogP contribution >= 0.6 is 0 Å². The van der Waals surface area contributed by atoms with Crippen molar-refractivity contribution in [2.75, 3.05) is 6.54 Å². The monoisotopic (exact) mass is 352 g/mol. The first-order chi connectivity index (χ1) is 11.0. The third-order valence-electron chi connectivity index (χ3n) is 3.04. The zero-order valence-corrected chi connectivity index (χ0v) is 14.6. The van der Waals surface area contributed by atoms with Gasteiger partial charge in [-0.2, -0.15) is 0 Å². The molecule has 3 rings (SSSR count). The Kier molecular flexibility index (Phi) is 7.04. The van der Waals surface area contributed by atoms with Crippen LogP contribution in [0.2, 0.25) is 0 Å². The van der Waals surface area contributed by atoms with E-state index in [9.17, 15) is 19.7 Å². The minimum atomic E-state index is -0.714. The van der Waals surface area contributed by atoms with Crippen molar-refractivity contribution in [1.82, 2.24) is 5.01 Å². The molecule has 10 heteroatoms. The second-order valence-electron chi connectivity index (χ2n) is 4.60. The number of rotatable bonds is 4. The van der Waals surface area contributed by atoms with E-state index < -0.39 is 16.9 Å². The van der Waals surface area contributed by atoms with Gasteiger partial charge >= 0.3 is 29.6 Å². The number of nitrogens with zero attached hydrogens (tertiary/aromatic N) is 4. The number of amides is 3. The average Bonchev–Trinajstić information content (AvgIpc) is 3.11. The van der Waals surface area contributed by atoms with Gasteiger partial charge in [0, 0.05) is 24.2 Å². The molecule has 2 aromatic rings. The maximum atomic E-state index is 11.3. The molecule has 0 radical (unpaired) electrons. The number of non-ortho nitro benzene ring substituents is 1. The second-order valence-corrected chi connectivity index (χ2v) is 4.60. The molecule has 1 aromatic heterocycles. The Labute approximate surface area is 165 Å². The van der Waals surface area contributed by atoms with Gasteiger partial charge in [-0.25, -0.2) is 0 Å². The summed E-state index contributed by atoms with van der Waals surface area (Å²) in [6, 6.07) is 8.47. The molecule has 9 nitrogen and oxygen atoms in total. The van der Waals surface area contributed by atoms with E-state index in [-0.39, 0.29) is 49.2 Å². The van der Waals surface area contributed by atoms with E-state index in [0.717, 1.165) is 5.01 Å². The minimum Gasteiger partial charge on any atom is -0.455 e. The third-order valence-corrected chi connectivity index (χ3v) is 3.04. The van der Waals surface area contributed by atoms with Crippen LogP contribution in [0.5, 0.6) is 0 Å². The molecule has 1 aliphatic rings. The summed E-state index contributed by atoms with van der Waals surface area (Å²) < 4.78 is 5.52. The van der Waals surface area contributed by atoms with Gasteiger partial charge in [-0.15, -0.1) is 0 Å². The van der Waals surface area contributed by atoms with E-state index in [1.807, 2.05) is 0 Å². The van der Waals surface area contributed by atoms with E-state index in [0.29, 0.717) is 17.1 Å². The Bertz CT molecular complexity index is 816. The summed E-state index contributed by atoms with van der Waals surface area (Å²) in [5.74, 6) is 0.318. The molecule has 124 valence electrons. The van der Waals surface area contributed by atoms with Crippen LogP contribution in [0.4, 0.5) is 10.5 Å². The molecule has 0 bridgehead atoms. The van der Waals surface area contributed by atoms with E-state index in [2.05, 4.69) is 10.4 Å². The van der Waals surface area contributed by atoms with Gasteiger partial charge in [0.1, 0.15) is 11.5 Å². The molecule has 2 heterocycles. The molecule has 0 atom stereocenters. The number of imide groups is 1. The fourth-order valence-corrected chi connectivity index (χ4v) is 1.94. The number of benzene rings is 1. The standard InChI is InChI=1S/C14H10N4O5.CH4.Na/c19-13-8-17(14(20)16-13)15-7-11-5-6-12(23-11)9-1-3-10(4-2-9)18(21)22;;/h1-7H,8H2,(H,16,19,20);1H4;/q;;+1/p-1/b15-7+;;. The van der Waals surface area contributed by atoms with Crippen LogP contribution in [0.1, 0.15) is 13.2 Å². The quantitative estimate of drug-likeness (QED) is 0.255. The number of hydrogen-bond acceptors (Lipinski definition) is 6. The zero-order valence-electron chi connectivity index (χ0n) is 12.6. The van der Waals surface area contributed by atoms with Gasteiger partial charge in [0.2, 0.25) is 0 Å². The van der Waals surface area contributed by atoms with E-state index in [1.54, 1.807) is 24.3 Å². The van der Waals surface area contributed by atoms with Crippen LogP contribution in [-0.2, 0) is 4.79 Å². The summed E-state index contributed by atoms with van der Waals surface area (Å²) >= 11 is 0. The van der Waals surface area contributed by atoms with Crippen molar-refractivity contribution in [2.24, 2.45) is 5.10 Å². The number of urea groups is 1. The zero-order chi connectivity index (χ0) is 16.4. The fraction of sp³-hybridized carbons (Fsp3) is 0.133. The van der Waals surface area contributed by atoms with E-state index in [1.165, 1.54) is 18.3 Å². The molecule has 1 saturated heterocycles. The van der Waals surface area contributed by atoms with Gasteiger partial charge in [0.15, 0.2) is 11.9 Å². The first kappa shape index (κ1) is 20.6. The van der Waals surface area contributed by atoms with Gasteiger partial charge in [-0.1, -0.05) is 7.43 Å². The predicted molar refractivity (Wildman–Crippen MR) is 85.6 cm³/mol. The van der Waals surface area contributed by atoms with Crippen molar-refractivity contribution in [3.63, 3.8) is 0 Å². The maximum Gasteiger partial charge on any atom is 1.00 e. The second kappa shape index (κ2) is 8.56. The largest absolute Gasteiger partial charge is 1.00 e. The number of carbonyl (C=O) groups excluding carboxylic acids is 2. The summed E-state index contributed by atoms with van der Waals surface area (Å²) in [5, 5.41) is 18.6. The number of furan rings is 1. The molecular weight excluding hydrogens is 339 g/mol. The first-order valence-corrected chi connectivity index (χ1v) is 6.47. The summed E-state index contributed by atoms with van der Waals surface area (Å²) in [4.78, 5) is 32.4. The van der Waals surface area contributed by atoms with Crippen LogP contribution in [0.15, 0.2) is 45.9 Å². The molecule has 0 spiro atoms. The van der Waals surface area contributed by atoms with Crippen molar-refractivity contribution in [3.8, 4) is 11.3 Å². The number of hydrazone groups is 1. The molecule has 0 aliphatic carbocycles. The summed E-state index contributed by atoms with van der Waals surface area (Å²) in [6.07, 6.45) is 1.29. The van der Waals surface area contributed by atoms with Gasteiger partial charge < -0.3 is 14.7 Å². The summed E-state index contributed by atoms with van der Waals surface area (Å²) in [7, 11) is 0. The maximum absolute atomic E-state index is 11.3.